The third-order valence-corrected chi connectivity index (χ3v) is 9.87. The second-order valence-corrected chi connectivity index (χ2v) is 13.0. The van der Waals surface area contributed by atoms with Crippen molar-refractivity contribution in [3.05, 3.63) is 175 Å². The summed E-state index contributed by atoms with van der Waals surface area (Å²) in [6.07, 6.45) is 0. The summed E-state index contributed by atoms with van der Waals surface area (Å²) < 4.78 is 6.67. The molecule has 2 heteroatoms. The normalized spacial score (nSPS) is 13.1. The highest BCUT2D eigenvalue weighted by Gasteiger charge is 2.37. The molecule has 1 aliphatic rings. The van der Waals surface area contributed by atoms with Crippen LogP contribution in [0.25, 0.3) is 55.3 Å². The fraction of sp³-hybridized carbons (Fsp3) is 0.0667. The van der Waals surface area contributed by atoms with Gasteiger partial charge in [0.15, 0.2) is 0 Å². The maximum absolute atomic E-state index is 6.67. The van der Waals surface area contributed by atoms with Crippen LogP contribution in [0, 0.1) is 0 Å². The number of rotatable bonds is 5. The summed E-state index contributed by atoms with van der Waals surface area (Å²) in [5.41, 5.74) is 15.1. The number of fused-ring (bicyclic) bond motifs is 7. The third-order valence-electron chi connectivity index (χ3n) is 9.87. The minimum Gasteiger partial charge on any atom is -0.456 e. The van der Waals surface area contributed by atoms with Crippen molar-refractivity contribution < 1.29 is 4.42 Å². The van der Waals surface area contributed by atoms with Crippen molar-refractivity contribution in [2.75, 3.05) is 4.90 Å². The first-order valence-corrected chi connectivity index (χ1v) is 16.3. The average Bonchev–Trinajstić information content (AvgIpc) is 3.61. The second-order valence-electron chi connectivity index (χ2n) is 13.0. The van der Waals surface area contributed by atoms with Crippen molar-refractivity contribution >= 4 is 39.0 Å². The van der Waals surface area contributed by atoms with Gasteiger partial charge in [-0.25, -0.2) is 0 Å². The smallest absolute Gasteiger partial charge is 0.137 e. The lowest BCUT2D eigenvalue weighted by Crippen LogP contribution is -2.14. The Morgan fingerprint density at radius 1 is 0.447 bits per heavy atom. The maximum Gasteiger partial charge on any atom is 0.137 e. The predicted octanol–water partition coefficient (Wildman–Crippen LogP) is 12.7. The maximum atomic E-state index is 6.67. The van der Waals surface area contributed by atoms with Crippen LogP contribution in [0.15, 0.2) is 168 Å². The molecule has 0 N–H and O–H groups in total. The molecule has 1 aliphatic carbocycles. The summed E-state index contributed by atoms with van der Waals surface area (Å²) in [6, 6.07) is 58.7. The van der Waals surface area contributed by atoms with Gasteiger partial charge in [-0.05, 0) is 87.0 Å². The Hall–Kier alpha value is -5.86. The van der Waals surface area contributed by atoms with Crippen LogP contribution in [0.5, 0.6) is 0 Å². The van der Waals surface area contributed by atoms with Gasteiger partial charge in [-0.3, -0.25) is 0 Å². The molecule has 0 atom stereocenters. The van der Waals surface area contributed by atoms with Crippen LogP contribution in [0.3, 0.4) is 0 Å². The second kappa shape index (κ2) is 10.6. The van der Waals surface area contributed by atoms with E-state index in [1.165, 1.54) is 49.9 Å². The van der Waals surface area contributed by atoms with Gasteiger partial charge in [-0.15, -0.1) is 0 Å². The number of hydrogen-bond acceptors (Lipinski definition) is 2. The van der Waals surface area contributed by atoms with Crippen molar-refractivity contribution in [1.82, 2.24) is 0 Å². The zero-order valence-corrected chi connectivity index (χ0v) is 26.4. The number of hydrogen-bond donors (Lipinski definition) is 0. The molecule has 7 aromatic carbocycles. The number of benzene rings is 7. The summed E-state index contributed by atoms with van der Waals surface area (Å²) in [5.74, 6) is 0. The molecule has 0 bridgehead atoms. The topological polar surface area (TPSA) is 16.4 Å². The summed E-state index contributed by atoms with van der Waals surface area (Å²) in [4.78, 5) is 2.33. The van der Waals surface area contributed by atoms with Gasteiger partial charge in [-0.1, -0.05) is 129 Å². The lowest BCUT2D eigenvalue weighted by Gasteiger charge is -2.26. The molecule has 0 fully saturated rings. The lowest BCUT2D eigenvalue weighted by molar-refractivity contribution is 0.656. The van der Waals surface area contributed by atoms with Gasteiger partial charge in [0.2, 0.25) is 0 Å². The Bertz CT molecular complexity index is 2420. The van der Waals surface area contributed by atoms with Crippen LogP contribution in [0.1, 0.15) is 25.0 Å². The molecule has 1 aromatic heterocycles. The van der Waals surface area contributed by atoms with Crippen LogP contribution in [-0.4, -0.2) is 0 Å². The van der Waals surface area contributed by atoms with Gasteiger partial charge in [0.25, 0.3) is 0 Å². The van der Waals surface area contributed by atoms with Gasteiger partial charge in [0, 0.05) is 39.3 Å². The number of nitrogens with zero attached hydrogens (tertiary/aromatic N) is 1. The van der Waals surface area contributed by atoms with Crippen molar-refractivity contribution in [3.8, 4) is 33.4 Å². The zero-order valence-electron chi connectivity index (χ0n) is 26.4. The fourth-order valence-corrected chi connectivity index (χ4v) is 7.52. The molecule has 0 saturated carbocycles. The highest BCUT2D eigenvalue weighted by atomic mass is 16.3. The summed E-state index contributed by atoms with van der Waals surface area (Å²) in [6.45, 7) is 4.66. The van der Waals surface area contributed by atoms with Crippen LogP contribution < -0.4 is 4.90 Å². The SMILES string of the molecule is CC1(C)c2ccccc2-c2c1ccc1oc3cc(N(c4ccc(-c5ccccc5)cc4)c4cccc(-c5ccccc5)c4)ccc3c21. The Labute approximate surface area is 275 Å². The van der Waals surface area contributed by atoms with E-state index in [-0.39, 0.29) is 5.41 Å². The van der Waals surface area contributed by atoms with Gasteiger partial charge in [0.05, 0.1) is 0 Å². The number of anilines is 3. The summed E-state index contributed by atoms with van der Waals surface area (Å²) >= 11 is 0. The first kappa shape index (κ1) is 27.5. The minimum absolute atomic E-state index is 0.0594. The Morgan fingerprint density at radius 3 is 1.83 bits per heavy atom. The monoisotopic (exact) mass is 603 g/mol. The van der Waals surface area contributed by atoms with E-state index in [9.17, 15) is 0 Å². The van der Waals surface area contributed by atoms with E-state index in [4.69, 9.17) is 4.42 Å². The number of furan rings is 1. The molecule has 8 aromatic rings. The van der Waals surface area contributed by atoms with Crippen LogP contribution >= 0.6 is 0 Å². The molecule has 0 spiro atoms. The molecular weight excluding hydrogens is 571 g/mol. The molecule has 9 rings (SSSR count). The molecule has 0 amide bonds. The molecule has 1 heterocycles. The van der Waals surface area contributed by atoms with Crippen molar-refractivity contribution in [2.24, 2.45) is 0 Å². The first-order valence-electron chi connectivity index (χ1n) is 16.3. The van der Waals surface area contributed by atoms with Gasteiger partial charge >= 0.3 is 0 Å². The van der Waals surface area contributed by atoms with Crippen LogP contribution in [0.4, 0.5) is 17.1 Å². The quantitative estimate of drug-likeness (QED) is 0.195. The van der Waals surface area contributed by atoms with E-state index >= 15 is 0 Å². The van der Waals surface area contributed by atoms with Crippen molar-refractivity contribution in [1.29, 1.82) is 0 Å². The summed E-state index contributed by atoms with van der Waals surface area (Å²) in [5, 5.41) is 2.34. The van der Waals surface area contributed by atoms with Crippen LogP contribution in [-0.2, 0) is 5.41 Å². The molecule has 224 valence electrons. The Balaban J connectivity index is 1.22. The first-order chi connectivity index (χ1) is 23.1. The lowest BCUT2D eigenvalue weighted by atomic mass is 9.82. The highest BCUT2D eigenvalue weighted by molar-refractivity contribution is 6.15. The van der Waals surface area contributed by atoms with Crippen molar-refractivity contribution in [2.45, 2.75) is 19.3 Å². The molecular formula is C45H33NO. The predicted molar refractivity (Wildman–Crippen MR) is 197 cm³/mol. The van der Waals surface area contributed by atoms with Gasteiger partial charge in [0.1, 0.15) is 11.2 Å². The zero-order chi connectivity index (χ0) is 31.5. The third kappa shape index (κ3) is 4.40. The van der Waals surface area contributed by atoms with Crippen LogP contribution in [0.2, 0.25) is 0 Å². The average molecular weight is 604 g/mol. The summed E-state index contributed by atoms with van der Waals surface area (Å²) in [7, 11) is 0. The molecule has 2 nitrogen and oxygen atoms in total. The molecule has 0 aliphatic heterocycles. The molecule has 0 unspecified atom stereocenters. The Morgan fingerprint density at radius 2 is 1.06 bits per heavy atom. The van der Waals surface area contributed by atoms with Gasteiger partial charge in [-0.2, -0.15) is 0 Å². The minimum atomic E-state index is -0.0594. The molecule has 0 radical (unpaired) electrons. The van der Waals surface area contributed by atoms with Crippen molar-refractivity contribution in [3.63, 3.8) is 0 Å². The fourth-order valence-electron chi connectivity index (χ4n) is 7.52. The van der Waals surface area contributed by atoms with Gasteiger partial charge < -0.3 is 9.32 Å². The van der Waals surface area contributed by atoms with E-state index < -0.39 is 0 Å². The molecule has 0 saturated heterocycles. The van der Waals surface area contributed by atoms with E-state index in [0.717, 1.165) is 33.6 Å². The Kier molecular flexibility index (Phi) is 6.20. The van der Waals surface area contributed by atoms with E-state index in [1.54, 1.807) is 0 Å². The van der Waals surface area contributed by atoms with E-state index in [1.807, 2.05) is 0 Å². The standard InChI is InChI=1S/C45H33NO/c1-45(2)39-19-10-9-18-37(39)43-40(45)26-27-41-44(43)38-25-24-36(29-42(38)47-41)46(34-22-20-32(21-23-34)30-12-5-3-6-13-30)35-17-11-16-33(28-35)31-14-7-4-8-15-31/h3-29H,1-2H3. The molecule has 47 heavy (non-hydrogen) atoms. The van der Waals surface area contributed by atoms with E-state index in [2.05, 4.69) is 183 Å². The van der Waals surface area contributed by atoms with E-state index in [0.29, 0.717) is 0 Å². The highest BCUT2D eigenvalue weighted by Crippen LogP contribution is 2.53. The largest absolute Gasteiger partial charge is 0.456 e.